The smallest absolute Gasteiger partial charge is 0.333 e. The van der Waals surface area contributed by atoms with Crippen molar-refractivity contribution in [3.63, 3.8) is 0 Å². The largest absolute Gasteiger partial charge is 0.478 e. The molecule has 5 N–H and O–H groups in total. The number of carbonyl (C=O) groups excluding carboxylic acids is 1. The minimum atomic E-state index is -1.28. The van der Waals surface area contributed by atoms with Crippen molar-refractivity contribution >= 4 is 11.9 Å². The van der Waals surface area contributed by atoms with Crippen LogP contribution in [-0.2, 0) is 19.1 Å². The van der Waals surface area contributed by atoms with Gasteiger partial charge in [0, 0.05) is 18.8 Å². The maximum Gasteiger partial charge on any atom is 0.333 e. The Balaban J connectivity index is 2.03. The lowest BCUT2D eigenvalue weighted by atomic mass is 10.1. The molecule has 0 aromatic carbocycles. The molecule has 0 aromatic rings. The van der Waals surface area contributed by atoms with E-state index in [9.17, 15) is 19.8 Å². The molecule has 0 bridgehead atoms. The van der Waals surface area contributed by atoms with Gasteiger partial charge in [-0.25, -0.2) is 4.79 Å². The van der Waals surface area contributed by atoms with E-state index in [1.54, 1.807) is 12.3 Å². The van der Waals surface area contributed by atoms with Gasteiger partial charge >= 0.3 is 11.9 Å². The average molecular weight is 314 g/mol. The lowest BCUT2D eigenvalue weighted by molar-refractivity contribution is -0.148. The van der Waals surface area contributed by atoms with E-state index < -0.39 is 36.5 Å². The van der Waals surface area contributed by atoms with Gasteiger partial charge in [0.25, 0.3) is 0 Å². The highest BCUT2D eigenvalue weighted by Crippen LogP contribution is 2.27. The molecule has 2 aliphatic rings. The highest BCUT2D eigenvalue weighted by atomic mass is 16.6. The number of allylic oxidation sites excluding steroid dienone is 1. The molecule has 1 fully saturated rings. The summed E-state index contributed by atoms with van der Waals surface area (Å²) in [5.74, 6) is -1.73. The van der Waals surface area contributed by atoms with E-state index in [1.807, 2.05) is 0 Å². The van der Waals surface area contributed by atoms with Crippen molar-refractivity contribution < 1.29 is 34.4 Å². The molecule has 4 atom stereocenters. The zero-order valence-electron chi connectivity index (χ0n) is 11.7. The van der Waals surface area contributed by atoms with Gasteiger partial charge in [-0.2, -0.15) is 0 Å². The Hall–Kier alpha value is -1.94. The highest BCUT2D eigenvalue weighted by Gasteiger charge is 2.45. The fraction of sp³-hybridized carbons (Fsp3) is 0.538. The van der Waals surface area contributed by atoms with Crippen molar-refractivity contribution in [2.75, 3.05) is 13.2 Å². The molecule has 1 unspecified atom stereocenters. The molecule has 0 aromatic heterocycles. The minimum absolute atomic E-state index is 0.130. The number of hydrogen-bond acceptors (Lipinski definition) is 8. The normalized spacial score (nSPS) is 31.0. The minimum Gasteiger partial charge on any atom is -0.478 e. The Morgan fingerprint density at radius 2 is 2.14 bits per heavy atom. The summed E-state index contributed by atoms with van der Waals surface area (Å²) in [6.45, 7) is -0.549. The van der Waals surface area contributed by atoms with Gasteiger partial charge in [-0.1, -0.05) is 6.08 Å². The predicted molar refractivity (Wildman–Crippen MR) is 72.0 cm³/mol. The number of carboxylic acid groups (broad SMARTS) is 1. The molecule has 1 saturated heterocycles. The van der Waals surface area contributed by atoms with Crippen LogP contribution in [-0.4, -0.2) is 69.8 Å². The van der Waals surface area contributed by atoms with Crippen LogP contribution in [0.1, 0.15) is 6.42 Å². The summed E-state index contributed by atoms with van der Waals surface area (Å²) in [4.78, 5) is 23.4. The zero-order chi connectivity index (χ0) is 16.3. The molecular weight excluding hydrogens is 296 g/mol. The summed E-state index contributed by atoms with van der Waals surface area (Å²) in [6.07, 6.45) is 0.305. The van der Waals surface area contributed by atoms with Gasteiger partial charge in [0.15, 0.2) is 6.23 Å². The predicted octanol–water partition coefficient (Wildman–Crippen LogP) is -1.88. The summed E-state index contributed by atoms with van der Waals surface area (Å²) in [5, 5.41) is 29.0. The van der Waals surface area contributed by atoms with Gasteiger partial charge in [0.05, 0.1) is 12.1 Å². The molecule has 22 heavy (non-hydrogen) atoms. The molecule has 0 spiro atoms. The first kappa shape index (κ1) is 16.4. The third-order valence-corrected chi connectivity index (χ3v) is 3.40. The first-order valence-electron chi connectivity index (χ1n) is 6.69. The van der Waals surface area contributed by atoms with Crippen molar-refractivity contribution in [1.29, 1.82) is 0 Å². The number of aliphatic carboxylic acids is 1. The number of hydrogen-bond donors (Lipinski definition) is 4. The molecule has 2 aliphatic heterocycles. The molecule has 0 radical (unpaired) electrons. The number of aliphatic hydroxyl groups is 2. The summed E-state index contributed by atoms with van der Waals surface area (Å²) in [5.41, 5.74) is 5.23. The van der Waals surface area contributed by atoms with Crippen LogP contribution in [0.5, 0.6) is 0 Å². The second-order valence-electron chi connectivity index (χ2n) is 4.93. The summed E-state index contributed by atoms with van der Waals surface area (Å²) in [6, 6.07) is 0. The number of rotatable bonds is 5. The number of aliphatic hydroxyl groups excluding tert-OH is 2. The van der Waals surface area contributed by atoms with Crippen LogP contribution in [0.3, 0.4) is 0 Å². The van der Waals surface area contributed by atoms with Crippen LogP contribution < -0.4 is 5.73 Å². The number of carbonyl (C=O) groups is 2. The molecule has 0 amide bonds. The van der Waals surface area contributed by atoms with Gasteiger partial charge in [0.2, 0.25) is 0 Å². The topological polar surface area (TPSA) is 143 Å². The molecule has 0 saturated carbocycles. The van der Waals surface area contributed by atoms with Crippen LogP contribution in [0.25, 0.3) is 0 Å². The van der Waals surface area contributed by atoms with Crippen LogP contribution >= 0.6 is 0 Å². The van der Waals surface area contributed by atoms with Crippen LogP contribution in [0, 0.1) is 0 Å². The number of nitrogens with two attached hydrogens (primary N) is 1. The van der Waals surface area contributed by atoms with Gasteiger partial charge < -0.3 is 35.4 Å². The monoisotopic (exact) mass is 314 g/mol. The van der Waals surface area contributed by atoms with Gasteiger partial charge in [-0.05, 0) is 0 Å². The van der Waals surface area contributed by atoms with E-state index in [2.05, 4.69) is 0 Å². The number of nitrogens with zero attached hydrogens (tertiary/aromatic N) is 1. The van der Waals surface area contributed by atoms with Crippen LogP contribution in [0.2, 0.25) is 0 Å². The third kappa shape index (κ3) is 3.45. The van der Waals surface area contributed by atoms with E-state index >= 15 is 0 Å². The average Bonchev–Trinajstić information content (AvgIpc) is 2.80. The molecule has 122 valence electrons. The third-order valence-electron chi connectivity index (χ3n) is 3.40. The van der Waals surface area contributed by atoms with Gasteiger partial charge in [-0.3, -0.25) is 4.79 Å². The van der Waals surface area contributed by atoms with E-state index in [1.165, 1.54) is 11.1 Å². The number of ether oxygens (including phenoxy) is 2. The Morgan fingerprint density at radius 3 is 2.77 bits per heavy atom. The first-order valence-corrected chi connectivity index (χ1v) is 6.69. The van der Waals surface area contributed by atoms with E-state index in [0.717, 1.165) is 0 Å². The molecule has 0 aliphatic carbocycles. The number of carboxylic acids is 1. The van der Waals surface area contributed by atoms with Gasteiger partial charge in [0.1, 0.15) is 24.9 Å². The molecule has 9 heteroatoms. The van der Waals surface area contributed by atoms with Crippen molar-refractivity contribution in [3.05, 3.63) is 24.0 Å². The van der Waals surface area contributed by atoms with E-state index in [-0.39, 0.29) is 25.1 Å². The molecule has 9 nitrogen and oxygen atoms in total. The SMILES string of the molecule is NCC(=O)OCC1O[C@@H](N2C=CCC(C(=O)O)=C2)[C@H](O)[C@@H]1O. The fourth-order valence-electron chi connectivity index (χ4n) is 2.23. The van der Waals surface area contributed by atoms with Crippen molar-refractivity contribution in [2.45, 2.75) is 31.0 Å². The lowest BCUT2D eigenvalue weighted by Crippen LogP contribution is -2.40. The molecule has 2 rings (SSSR count). The second kappa shape index (κ2) is 6.88. The Morgan fingerprint density at radius 1 is 1.41 bits per heavy atom. The van der Waals surface area contributed by atoms with E-state index in [4.69, 9.17) is 20.3 Å². The maximum atomic E-state index is 11.0. The lowest BCUT2D eigenvalue weighted by Gasteiger charge is -2.28. The van der Waals surface area contributed by atoms with E-state index in [0.29, 0.717) is 0 Å². The first-order chi connectivity index (χ1) is 10.4. The standard InChI is InChI=1S/C13H18N2O7/c14-4-9(16)21-6-8-10(17)11(18)12(22-8)15-3-1-2-7(5-15)13(19)20/h1,3,5,8,10-12,17-18H,2,4,6,14H2,(H,19,20)/t8?,10-,11-,12-/m1/s1. The van der Waals surface area contributed by atoms with Crippen LogP contribution in [0.4, 0.5) is 0 Å². The quantitative estimate of drug-likeness (QED) is 0.429. The van der Waals surface area contributed by atoms with Crippen molar-refractivity contribution in [2.24, 2.45) is 5.73 Å². The Bertz CT molecular complexity index is 505. The Kier molecular flexibility index (Phi) is 5.14. The summed E-state index contributed by atoms with van der Waals surface area (Å²) < 4.78 is 10.3. The maximum absolute atomic E-state index is 11.0. The summed E-state index contributed by atoms with van der Waals surface area (Å²) >= 11 is 0. The van der Waals surface area contributed by atoms with Crippen molar-refractivity contribution in [3.8, 4) is 0 Å². The highest BCUT2D eigenvalue weighted by molar-refractivity contribution is 5.87. The zero-order valence-corrected chi connectivity index (χ0v) is 11.7. The summed E-state index contributed by atoms with van der Waals surface area (Å²) in [7, 11) is 0. The second-order valence-corrected chi connectivity index (χ2v) is 4.93. The molecular formula is C13H18N2O7. The Labute approximate surface area is 126 Å². The van der Waals surface area contributed by atoms with Crippen LogP contribution in [0.15, 0.2) is 24.0 Å². The fourth-order valence-corrected chi connectivity index (χ4v) is 2.23. The van der Waals surface area contributed by atoms with Crippen molar-refractivity contribution in [1.82, 2.24) is 4.90 Å². The van der Waals surface area contributed by atoms with Gasteiger partial charge in [-0.15, -0.1) is 0 Å². The molecule has 2 heterocycles. The number of esters is 1.